The fourth-order valence-electron chi connectivity index (χ4n) is 1.42. The number of carbonyl (C=O) groups is 1. The first-order valence-electron chi connectivity index (χ1n) is 5.19. The third-order valence-electron chi connectivity index (χ3n) is 2.04. The standard InChI is InChI=1S/C12H18N2O/c1-9(2)14-12(15)7-10-4-3-5-11(6-10)8-13/h3-6,9H,7-8,13H2,1-2H3,(H,14,15). The van der Waals surface area contributed by atoms with Gasteiger partial charge in [-0.3, -0.25) is 4.79 Å². The Balaban J connectivity index is 2.60. The molecule has 0 saturated carbocycles. The monoisotopic (exact) mass is 206 g/mol. The molecule has 0 atom stereocenters. The first kappa shape index (κ1) is 11.7. The highest BCUT2D eigenvalue weighted by molar-refractivity contribution is 5.78. The third-order valence-corrected chi connectivity index (χ3v) is 2.04. The molecule has 0 heterocycles. The zero-order valence-corrected chi connectivity index (χ0v) is 9.29. The first-order chi connectivity index (χ1) is 7.11. The van der Waals surface area contributed by atoms with Crippen LogP contribution in [0.3, 0.4) is 0 Å². The number of hydrogen-bond acceptors (Lipinski definition) is 2. The van der Waals surface area contributed by atoms with Gasteiger partial charge < -0.3 is 11.1 Å². The van der Waals surface area contributed by atoms with Crippen molar-refractivity contribution in [1.29, 1.82) is 0 Å². The highest BCUT2D eigenvalue weighted by Gasteiger charge is 2.04. The molecule has 0 radical (unpaired) electrons. The van der Waals surface area contributed by atoms with Crippen LogP contribution in [0.25, 0.3) is 0 Å². The van der Waals surface area contributed by atoms with Crippen LogP contribution in [0.4, 0.5) is 0 Å². The summed E-state index contributed by atoms with van der Waals surface area (Å²) in [7, 11) is 0. The van der Waals surface area contributed by atoms with Crippen LogP contribution in [0.15, 0.2) is 24.3 Å². The number of carbonyl (C=O) groups excluding carboxylic acids is 1. The van der Waals surface area contributed by atoms with Gasteiger partial charge in [0.1, 0.15) is 0 Å². The Morgan fingerprint density at radius 2 is 2.07 bits per heavy atom. The molecular formula is C12H18N2O. The van der Waals surface area contributed by atoms with Crippen molar-refractivity contribution in [3.63, 3.8) is 0 Å². The van der Waals surface area contributed by atoms with E-state index in [1.165, 1.54) is 0 Å². The minimum atomic E-state index is 0.0548. The molecule has 3 heteroatoms. The van der Waals surface area contributed by atoms with E-state index in [0.717, 1.165) is 11.1 Å². The SMILES string of the molecule is CC(C)NC(=O)Cc1cccc(CN)c1. The quantitative estimate of drug-likeness (QED) is 0.778. The average Bonchev–Trinajstić information content (AvgIpc) is 2.16. The van der Waals surface area contributed by atoms with Gasteiger partial charge in [-0.25, -0.2) is 0 Å². The number of hydrogen-bond donors (Lipinski definition) is 2. The second kappa shape index (κ2) is 5.51. The van der Waals surface area contributed by atoms with Crippen molar-refractivity contribution in [1.82, 2.24) is 5.32 Å². The lowest BCUT2D eigenvalue weighted by atomic mass is 10.1. The van der Waals surface area contributed by atoms with E-state index >= 15 is 0 Å². The summed E-state index contributed by atoms with van der Waals surface area (Å²) in [5.74, 6) is 0.0548. The molecule has 3 N–H and O–H groups in total. The summed E-state index contributed by atoms with van der Waals surface area (Å²) < 4.78 is 0. The van der Waals surface area contributed by atoms with Gasteiger partial charge in [0.2, 0.25) is 5.91 Å². The number of nitrogens with two attached hydrogens (primary N) is 1. The minimum absolute atomic E-state index is 0.0548. The molecule has 0 fully saturated rings. The molecule has 0 bridgehead atoms. The smallest absolute Gasteiger partial charge is 0.224 e. The van der Waals surface area contributed by atoms with Crippen molar-refractivity contribution in [2.24, 2.45) is 5.73 Å². The van der Waals surface area contributed by atoms with Gasteiger partial charge in [0.25, 0.3) is 0 Å². The largest absolute Gasteiger partial charge is 0.354 e. The van der Waals surface area contributed by atoms with Crippen molar-refractivity contribution >= 4 is 5.91 Å². The van der Waals surface area contributed by atoms with Gasteiger partial charge in [-0.15, -0.1) is 0 Å². The van der Waals surface area contributed by atoms with Crippen LogP contribution in [0.2, 0.25) is 0 Å². The minimum Gasteiger partial charge on any atom is -0.354 e. The molecule has 82 valence electrons. The van der Waals surface area contributed by atoms with E-state index in [2.05, 4.69) is 5.32 Å². The summed E-state index contributed by atoms with van der Waals surface area (Å²) >= 11 is 0. The molecular weight excluding hydrogens is 188 g/mol. The zero-order valence-electron chi connectivity index (χ0n) is 9.29. The molecule has 15 heavy (non-hydrogen) atoms. The fourth-order valence-corrected chi connectivity index (χ4v) is 1.42. The molecule has 1 aromatic carbocycles. The lowest BCUT2D eigenvalue weighted by Gasteiger charge is -2.08. The Morgan fingerprint density at radius 1 is 1.40 bits per heavy atom. The Labute approximate surface area is 90.7 Å². The Kier molecular flexibility index (Phi) is 4.31. The van der Waals surface area contributed by atoms with Crippen molar-refractivity contribution in [2.45, 2.75) is 32.9 Å². The van der Waals surface area contributed by atoms with Crippen LogP contribution >= 0.6 is 0 Å². The van der Waals surface area contributed by atoms with Crippen molar-refractivity contribution in [2.75, 3.05) is 0 Å². The number of benzene rings is 1. The van der Waals surface area contributed by atoms with Crippen LogP contribution < -0.4 is 11.1 Å². The van der Waals surface area contributed by atoms with E-state index in [1.54, 1.807) is 0 Å². The lowest BCUT2D eigenvalue weighted by Crippen LogP contribution is -2.31. The second-order valence-corrected chi connectivity index (χ2v) is 3.92. The van der Waals surface area contributed by atoms with Crippen molar-refractivity contribution in [3.8, 4) is 0 Å². The second-order valence-electron chi connectivity index (χ2n) is 3.92. The van der Waals surface area contributed by atoms with E-state index in [9.17, 15) is 4.79 Å². The van der Waals surface area contributed by atoms with Crippen molar-refractivity contribution < 1.29 is 4.79 Å². The van der Waals surface area contributed by atoms with E-state index in [-0.39, 0.29) is 11.9 Å². The van der Waals surface area contributed by atoms with Crippen molar-refractivity contribution in [3.05, 3.63) is 35.4 Å². The molecule has 0 aliphatic rings. The van der Waals surface area contributed by atoms with Gasteiger partial charge in [0, 0.05) is 12.6 Å². The molecule has 0 aliphatic heterocycles. The highest BCUT2D eigenvalue weighted by atomic mass is 16.1. The van der Waals surface area contributed by atoms with Gasteiger partial charge in [-0.2, -0.15) is 0 Å². The van der Waals surface area contributed by atoms with E-state index < -0.39 is 0 Å². The van der Waals surface area contributed by atoms with Crippen LogP contribution in [0.1, 0.15) is 25.0 Å². The molecule has 0 aromatic heterocycles. The number of nitrogens with one attached hydrogen (secondary N) is 1. The van der Waals surface area contributed by atoms with Crippen LogP contribution in [-0.4, -0.2) is 11.9 Å². The molecule has 1 amide bonds. The average molecular weight is 206 g/mol. The van der Waals surface area contributed by atoms with Gasteiger partial charge in [-0.1, -0.05) is 24.3 Å². The summed E-state index contributed by atoms with van der Waals surface area (Å²) in [5.41, 5.74) is 7.60. The van der Waals surface area contributed by atoms with Gasteiger partial charge >= 0.3 is 0 Å². The van der Waals surface area contributed by atoms with Crippen LogP contribution in [0, 0.1) is 0 Å². The highest BCUT2D eigenvalue weighted by Crippen LogP contribution is 2.05. The Morgan fingerprint density at radius 3 is 2.67 bits per heavy atom. The summed E-state index contributed by atoms with van der Waals surface area (Å²) in [6.45, 7) is 4.42. The summed E-state index contributed by atoms with van der Waals surface area (Å²) in [6.07, 6.45) is 0.423. The molecule has 0 saturated heterocycles. The molecule has 0 aliphatic carbocycles. The molecule has 0 unspecified atom stereocenters. The van der Waals surface area contributed by atoms with Gasteiger partial charge in [0.05, 0.1) is 6.42 Å². The summed E-state index contributed by atoms with van der Waals surface area (Å²) in [4.78, 5) is 11.5. The summed E-state index contributed by atoms with van der Waals surface area (Å²) in [5, 5.41) is 2.86. The van der Waals surface area contributed by atoms with E-state index in [4.69, 9.17) is 5.73 Å². The number of amides is 1. The van der Waals surface area contributed by atoms with Crippen LogP contribution in [-0.2, 0) is 17.8 Å². The van der Waals surface area contributed by atoms with E-state index in [0.29, 0.717) is 13.0 Å². The van der Waals surface area contributed by atoms with Gasteiger partial charge in [0.15, 0.2) is 0 Å². The molecule has 1 rings (SSSR count). The zero-order chi connectivity index (χ0) is 11.3. The number of rotatable bonds is 4. The van der Waals surface area contributed by atoms with E-state index in [1.807, 2.05) is 38.1 Å². The maximum Gasteiger partial charge on any atom is 0.224 e. The predicted molar refractivity (Wildman–Crippen MR) is 61.3 cm³/mol. The predicted octanol–water partition coefficient (Wildman–Crippen LogP) is 1.21. The first-order valence-corrected chi connectivity index (χ1v) is 5.19. The van der Waals surface area contributed by atoms with Gasteiger partial charge in [-0.05, 0) is 25.0 Å². The Bertz CT molecular complexity index is 334. The molecule has 3 nitrogen and oxygen atoms in total. The lowest BCUT2D eigenvalue weighted by molar-refractivity contribution is -0.120. The maximum atomic E-state index is 11.5. The fraction of sp³-hybridized carbons (Fsp3) is 0.417. The van der Waals surface area contributed by atoms with Crippen LogP contribution in [0.5, 0.6) is 0 Å². The Hall–Kier alpha value is -1.35. The maximum absolute atomic E-state index is 11.5. The third kappa shape index (κ3) is 4.13. The molecule has 0 spiro atoms. The molecule has 1 aromatic rings. The summed E-state index contributed by atoms with van der Waals surface area (Å²) in [6, 6.07) is 8.00. The normalized spacial score (nSPS) is 10.4. The topological polar surface area (TPSA) is 55.1 Å².